The molecule has 88 valence electrons. The van der Waals surface area contributed by atoms with Crippen LogP contribution in [0.3, 0.4) is 0 Å². The van der Waals surface area contributed by atoms with Crippen LogP contribution in [0.15, 0.2) is 15.2 Å². The molecule has 0 spiro atoms. The normalized spacial score (nSPS) is 12.0. The number of carbonyl (C=O) groups is 2. The van der Waals surface area contributed by atoms with E-state index in [1.807, 2.05) is 0 Å². The third kappa shape index (κ3) is 3.31. The minimum atomic E-state index is -0.513. The molecule has 0 aliphatic rings. The van der Waals surface area contributed by atoms with Crippen molar-refractivity contribution in [2.75, 3.05) is 14.1 Å². The Morgan fingerprint density at radius 3 is 2.56 bits per heavy atom. The van der Waals surface area contributed by atoms with Crippen LogP contribution < -0.4 is 5.32 Å². The van der Waals surface area contributed by atoms with Crippen molar-refractivity contribution in [2.24, 2.45) is 0 Å². The predicted octanol–water partition coefficient (Wildman–Crippen LogP) is 1.72. The lowest BCUT2D eigenvalue weighted by atomic mass is 10.2. The first-order chi connectivity index (χ1) is 7.41. The summed E-state index contributed by atoms with van der Waals surface area (Å²) in [5.41, 5.74) is 0.565. The lowest BCUT2D eigenvalue weighted by Crippen LogP contribution is -2.44. The molecular weight excluding hydrogens is 292 g/mol. The molecule has 1 aromatic heterocycles. The van der Waals surface area contributed by atoms with E-state index in [9.17, 15) is 9.59 Å². The van der Waals surface area contributed by atoms with Gasteiger partial charge in [-0.15, -0.1) is 11.3 Å². The van der Waals surface area contributed by atoms with Gasteiger partial charge < -0.3 is 10.2 Å². The van der Waals surface area contributed by atoms with E-state index in [1.165, 1.54) is 16.2 Å². The minimum absolute atomic E-state index is 0.123. The molecule has 1 aromatic rings. The minimum Gasteiger partial charge on any atom is -0.347 e. The van der Waals surface area contributed by atoms with Crippen LogP contribution in [0.5, 0.6) is 0 Å². The molecule has 0 fully saturated rings. The number of nitrogens with zero attached hydrogens (tertiary/aromatic N) is 1. The van der Waals surface area contributed by atoms with E-state index < -0.39 is 6.04 Å². The predicted molar refractivity (Wildman–Crippen MR) is 67.6 cm³/mol. The molecule has 4 nitrogen and oxygen atoms in total. The fourth-order valence-electron chi connectivity index (χ4n) is 1.16. The number of hydrogen-bond donors (Lipinski definition) is 1. The highest BCUT2D eigenvalue weighted by atomic mass is 79.9. The second kappa shape index (κ2) is 5.45. The van der Waals surface area contributed by atoms with Gasteiger partial charge in [0.15, 0.2) is 0 Å². The zero-order valence-electron chi connectivity index (χ0n) is 9.28. The summed E-state index contributed by atoms with van der Waals surface area (Å²) in [5.74, 6) is -0.354. The van der Waals surface area contributed by atoms with E-state index in [1.54, 1.807) is 32.5 Å². The number of thiophene rings is 1. The summed E-state index contributed by atoms with van der Waals surface area (Å²) in [7, 11) is 3.32. The Kier molecular flexibility index (Phi) is 4.49. The van der Waals surface area contributed by atoms with Crippen molar-refractivity contribution >= 4 is 39.1 Å². The van der Waals surface area contributed by atoms with Crippen LogP contribution in [-0.2, 0) is 4.79 Å². The molecule has 0 aliphatic heterocycles. The summed E-state index contributed by atoms with van der Waals surface area (Å²) in [6, 6.07) is 1.22. The van der Waals surface area contributed by atoms with Gasteiger partial charge in [-0.3, -0.25) is 9.59 Å². The summed E-state index contributed by atoms with van der Waals surface area (Å²) in [4.78, 5) is 24.7. The number of likely N-dealkylation sites (N-methyl/N-ethyl adjacent to an activating group) is 1. The van der Waals surface area contributed by atoms with Crippen molar-refractivity contribution in [3.8, 4) is 0 Å². The molecule has 0 saturated carbocycles. The molecule has 6 heteroatoms. The van der Waals surface area contributed by atoms with Crippen molar-refractivity contribution in [3.05, 3.63) is 20.8 Å². The Labute approximate surface area is 107 Å². The van der Waals surface area contributed by atoms with Crippen LogP contribution in [0.25, 0.3) is 0 Å². The number of carbonyl (C=O) groups excluding carboxylic acids is 2. The van der Waals surface area contributed by atoms with E-state index in [0.29, 0.717) is 5.56 Å². The van der Waals surface area contributed by atoms with Gasteiger partial charge in [0.25, 0.3) is 5.91 Å². The Bertz CT molecular complexity index is 403. The second-order valence-corrected chi connectivity index (χ2v) is 5.86. The number of hydrogen-bond acceptors (Lipinski definition) is 3. The molecule has 0 bridgehead atoms. The van der Waals surface area contributed by atoms with E-state index in [4.69, 9.17) is 0 Å². The number of halogens is 1. The Morgan fingerprint density at radius 2 is 2.12 bits per heavy atom. The van der Waals surface area contributed by atoms with Crippen LogP contribution >= 0.6 is 27.3 Å². The van der Waals surface area contributed by atoms with E-state index in [0.717, 1.165) is 3.79 Å². The molecule has 0 aromatic carbocycles. The van der Waals surface area contributed by atoms with Gasteiger partial charge in [-0.05, 0) is 28.9 Å². The molecule has 0 saturated heterocycles. The van der Waals surface area contributed by atoms with E-state index >= 15 is 0 Å². The van der Waals surface area contributed by atoms with Crippen molar-refractivity contribution in [1.82, 2.24) is 10.2 Å². The van der Waals surface area contributed by atoms with Gasteiger partial charge in [0.05, 0.1) is 9.35 Å². The lowest BCUT2D eigenvalue weighted by Gasteiger charge is -2.17. The molecule has 0 radical (unpaired) electrons. The Morgan fingerprint density at radius 1 is 1.50 bits per heavy atom. The SMILES string of the molecule is CC(NC(=O)c1csc(Br)c1)C(=O)N(C)C. The molecular formula is C10H13BrN2O2S. The van der Waals surface area contributed by atoms with Crippen LogP contribution in [0.2, 0.25) is 0 Å². The third-order valence-electron chi connectivity index (χ3n) is 1.99. The molecule has 1 rings (SSSR count). The summed E-state index contributed by atoms with van der Waals surface area (Å²) in [6.07, 6.45) is 0. The van der Waals surface area contributed by atoms with Gasteiger partial charge in [0.1, 0.15) is 6.04 Å². The molecule has 16 heavy (non-hydrogen) atoms. The Hall–Kier alpha value is -0.880. The van der Waals surface area contributed by atoms with E-state index in [2.05, 4.69) is 21.2 Å². The van der Waals surface area contributed by atoms with Crippen molar-refractivity contribution < 1.29 is 9.59 Å². The first-order valence-electron chi connectivity index (χ1n) is 4.68. The highest BCUT2D eigenvalue weighted by Crippen LogP contribution is 2.20. The van der Waals surface area contributed by atoms with Crippen LogP contribution in [-0.4, -0.2) is 36.9 Å². The first kappa shape index (κ1) is 13.2. The van der Waals surface area contributed by atoms with Crippen molar-refractivity contribution in [3.63, 3.8) is 0 Å². The lowest BCUT2D eigenvalue weighted by molar-refractivity contribution is -0.130. The summed E-state index contributed by atoms with van der Waals surface area (Å²) in [5, 5.41) is 4.39. The van der Waals surface area contributed by atoms with Crippen molar-refractivity contribution in [1.29, 1.82) is 0 Å². The zero-order valence-corrected chi connectivity index (χ0v) is 11.7. The summed E-state index contributed by atoms with van der Waals surface area (Å²) in [6.45, 7) is 1.67. The molecule has 1 unspecified atom stereocenters. The first-order valence-corrected chi connectivity index (χ1v) is 6.35. The summed E-state index contributed by atoms with van der Waals surface area (Å²) >= 11 is 4.72. The smallest absolute Gasteiger partial charge is 0.252 e. The quantitative estimate of drug-likeness (QED) is 0.924. The van der Waals surface area contributed by atoms with Crippen LogP contribution in [0.1, 0.15) is 17.3 Å². The molecule has 0 aliphatic carbocycles. The topological polar surface area (TPSA) is 49.4 Å². The maximum Gasteiger partial charge on any atom is 0.252 e. The molecule has 1 atom stereocenters. The fraction of sp³-hybridized carbons (Fsp3) is 0.400. The highest BCUT2D eigenvalue weighted by molar-refractivity contribution is 9.11. The average molecular weight is 305 g/mol. The maximum atomic E-state index is 11.7. The van der Waals surface area contributed by atoms with Gasteiger partial charge in [0, 0.05) is 19.5 Å². The maximum absolute atomic E-state index is 11.7. The largest absolute Gasteiger partial charge is 0.347 e. The van der Waals surface area contributed by atoms with Gasteiger partial charge in [-0.1, -0.05) is 0 Å². The van der Waals surface area contributed by atoms with E-state index in [-0.39, 0.29) is 11.8 Å². The number of amides is 2. The standard InChI is InChI=1S/C10H13BrN2O2S/c1-6(10(15)13(2)3)12-9(14)7-4-8(11)16-5-7/h4-6H,1-3H3,(H,12,14). The monoisotopic (exact) mass is 304 g/mol. The highest BCUT2D eigenvalue weighted by Gasteiger charge is 2.18. The number of nitrogens with one attached hydrogen (secondary N) is 1. The fourth-order valence-corrected chi connectivity index (χ4v) is 2.29. The average Bonchev–Trinajstić information content (AvgIpc) is 2.63. The second-order valence-electron chi connectivity index (χ2n) is 3.57. The third-order valence-corrected chi connectivity index (χ3v) is 3.49. The zero-order chi connectivity index (χ0) is 12.3. The molecule has 1 N–H and O–H groups in total. The molecule has 2 amide bonds. The summed E-state index contributed by atoms with van der Waals surface area (Å²) < 4.78 is 0.893. The van der Waals surface area contributed by atoms with Crippen molar-refractivity contribution in [2.45, 2.75) is 13.0 Å². The van der Waals surface area contributed by atoms with Gasteiger partial charge in [0.2, 0.25) is 5.91 Å². The molecule has 1 heterocycles. The Balaban J connectivity index is 2.61. The van der Waals surface area contributed by atoms with Gasteiger partial charge >= 0.3 is 0 Å². The van der Waals surface area contributed by atoms with Gasteiger partial charge in [-0.25, -0.2) is 0 Å². The number of rotatable bonds is 3. The van der Waals surface area contributed by atoms with Gasteiger partial charge in [-0.2, -0.15) is 0 Å². The van der Waals surface area contributed by atoms with Crippen LogP contribution in [0.4, 0.5) is 0 Å². The van der Waals surface area contributed by atoms with Crippen LogP contribution in [0, 0.1) is 0 Å².